The molecule has 59 heavy (non-hydrogen) atoms. The maximum absolute atomic E-state index is 2.43. The summed E-state index contributed by atoms with van der Waals surface area (Å²) >= 11 is 0. The van der Waals surface area contributed by atoms with Crippen LogP contribution in [-0.4, -0.2) is 0 Å². The minimum absolute atomic E-state index is 0.123. The van der Waals surface area contributed by atoms with E-state index in [0.29, 0.717) is 5.92 Å². The van der Waals surface area contributed by atoms with Crippen LogP contribution in [0.3, 0.4) is 0 Å². The summed E-state index contributed by atoms with van der Waals surface area (Å²) in [6.45, 7) is 4.71. The van der Waals surface area contributed by atoms with Gasteiger partial charge >= 0.3 is 0 Å². The molecular formula is C58H45N. The number of hydrogen-bond donors (Lipinski definition) is 0. The van der Waals surface area contributed by atoms with E-state index < -0.39 is 0 Å². The van der Waals surface area contributed by atoms with Gasteiger partial charge in [0.2, 0.25) is 0 Å². The van der Waals surface area contributed by atoms with Crippen LogP contribution >= 0.6 is 0 Å². The van der Waals surface area contributed by atoms with Crippen LogP contribution in [0.1, 0.15) is 49.3 Å². The topological polar surface area (TPSA) is 3.24 Å². The lowest BCUT2D eigenvalue weighted by atomic mass is 9.76. The Labute approximate surface area is 346 Å². The predicted molar refractivity (Wildman–Crippen MR) is 254 cm³/mol. The monoisotopic (exact) mass is 755 g/mol. The van der Waals surface area contributed by atoms with E-state index in [1.165, 1.54) is 87.7 Å². The van der Waals surface area contributed by atoms with E-state index in [4.69, 9.17) is 0 Å². The fraction of sp³-hybridized carbons (Fsp3) is 0.103. The molecule has 0 aromatic heterocycles. The van der Waals surface area contributed by atoms with Crippen LogP contribution in [0.4, 0.5) is 11.4 Å². The summed E-state index contributed by atoms with van der Waals surface area (Å²) in [6.07, 6.45) is 13.8. The highest BCUT2D eigenvalue weighted by atomic mass is 15.1. The Kier molecular flexibility index (Phi) is 8.45. The molecule has 1 heteroatoms. The fourth-order valence-electron chi connectivity index (χ4n) is 9.65. The Morgan fingerprint density at radius 1 is 0.492 bits per heavy atom. The highest BCUT2D eigenvalue weighted by molar-refractivity contribution is 6.07. The van der Waals surface area contributed by atoms with Crippen LogP contribution < -0.4 is 4.90 Å². The Balaban J connectivity index is 0.939. The van der Waals surface area contributed by atoms with Crippen LogP contribution in [0.5, 0.6) is 0 Å². The molecule has 0 saturated carbocycles. The summed E-state index contributed by atoms with van der Waals surface area (Å²) in [7, 11) is 0. The molecule has 282 valence electrons. The second kappa shape index (κ2) is 14.1. The van der Waals surface area contributed by atoms with E-state index in [9.17, 15) is 0 Å². The summed E-state index contributed by atoms with van der Waals surface area (Å²) in [5, 5.41) is 10.4. The molecule has 0 bridgehead atoms. The predicted octanol–water partition coefficient (Wildman–Crippen LogP) is 16.1. The molecule has 2 atom stereocenters. The highest BCUT2D eigenvalue weighted by Gasteiger charge is 2.28. The fourth-order valence-corrected chi connectivity index (χ4v) is 9.65. The summed E-state index contributed by atoms with van der Waals surface area (Å²) < 4.78 is 0. The minimum Gasteiger partial charge on any atom is -0.311 e. The molecule has 1 nitrogen and oxygen atoms in total. The maximum atomic E-state index is 2.43. The van der Waals surface area contributed by atoms with Crippen molar-refractivity contribution in [2.75, 3.05) is 4.90 Å². The normalized spacial score (nSPS) is 17.4. The minimum atomic E-state index is -0.123. The van der Waals surface area contributed by atoms with Crippen LogP contribution in [-0.2, 0) is 5.41 Å². The van der Waals surface area contributed by atoms with Crippen LogP contribution in [0, 0.1) is 0 Å². The number of benzene rings is 9. The van der Waals surface area contributed by atoms with Gasteiger partial charge in [-0.1, -0.05) is 178 Å². The van der Waals surface area contributed by atoms with E-state index in [2.05, 4.69) is 225 Å². The third-order valence-corrected chi connectivity index (χ3v) is 13.1. The van der Waals surface area contributed by atoms with Crippen molar-refractivity contribution in [3.63, 3.8) is 0 Å². The van der Waals surface area contributed by atoms with Crippen molar-refractivity contribution < 1.29 is 0 Å². The first kappa shape index (κ1) is 35.2. The molecule has 11 rings (SSSR count). The molecule has 0 spiro atoms. The molecule has 2 aliphatic carbocycles. The third-order valence-electron chi connectivity index (χ3n) is 13.1. The lowest BCUT2D eigenvalue weighted by Gasteiger charge is -2.33. The number of rotatable bonds is 6. The third kappa shape index (κ3) is 6.26. The molecule has 0 aliphatic heterocycles. The molecule has 9 aromatic carbocycles. The second-order valence-electron chi connectivity index (χ2n) is 16.8. The Morgan fingerprint density at radius 2 is 1.07 bits per heavy atom. The van der Waals surface area contributed by atoms with E-state index in [1.807, 2.05) is 0 Å². The van der Waals surface area contributed by atoms with Crippen LogP contribution in [0.2, 0.25) is 0 Å². The van der Waals surface area contributed by atoms with Gasteiger partial charge in [0.15, 0.2) is 0 Å². The Bertz CT molecular complexity index is 3180. The largest absolute Gasteiger partial charge is 0.311 e. The van der Waals surface area contributed by atoms with Gasteiger partial charge in [0, 0.05) is 22.5 Å². The quantitative estimate of drug-likeness (QED) is 0.153. The zero-order valence-corrected chi connectivity index (χ0v) is 33.6. The van der Waals surface area contributed by atoms with Crippen molar-refractivity contribution in [3.8, 4) is 22.3 Å². The summed E-state index contributed by atoms with van der Waals surface area (Å²) in [5.41, 5.74) is 12.4. The lowest BCUT2D eigenvalue weighted by molar-refractivity contribution is 0.596. The summed E-state index contributed by atoms with van der Waals surface area (Å²) in [4.78, 5) is 2.41. The summed E-state index contributed by atoms with van der Waals surface area (Å²) in [5.74, 6) is 0.533. The first-order chi connectivity index (χ1) is 29.0. The van der Waals surface area contributed by atoms with Crippen LogP contribution in [0.25, 0.3) is 71.4 Å². The van der Waals surface area contributed by atoms with Crippen molar-refractivity contribution in [1.82, 2.24) is 0 Å². The summed E-state index contributed by atoms with van der Waals surface area (Å²) in [6, 6.07) is 65.4. The molecule has 2 unspecified atom stereocenters. The van der Waals surface area contributed by atoms with Gasteiger partial charge in [0.25, 0.3) is 0 Å². The number of hydrogen-bond acceptors (Lipinski definition) is 1. The van der Waals surface area contributed by atoms with Gasteiger partial charge in [0.05, 0.1) is 0 Å². The molecule has 0 radical (unpaired) electrons. The van der Waals surface area contributed by atoms with Gasteiger partial charge in [-0.3, -0.25) is 0 Å². The molecule has 2 aliphatic rings. The zero-order valence-electron chi connectivity index (χ0n) is 33.6. The first-order valence-corrected chi connectivity index (χ1v) is 21.0. The SMILES string of the molecule is CC1CC=Cc2ccc3cc(-c4ccc(N(C5=CCC(C)(c6ccc7c(ccc8ccccc87)c6)C=C5)c5ccc(-c6ccc7ccccc7c6)cc5)cc4)ccc3c21. The Hall–Kier alpha value is -6.96. The van der Waals surface area contributed by atoms with Crippen molar-refractivity contribution >= 4 is 60.5 Å². The molecule has 0 heterocycles. The molecule has 0 amide bonds. The van der Waals surface area contributed by atoms with Crippen molar-refractivity contribution in [3.05, 3.63) is 223 Å². The van der Waals surface area contributed by atoms with Gasteiger partial charge in [-0.05, 0) is 143 Å². The van der Waals surface area contributed by atoms with E-state index in [1.54, 1.807) is 0 Å². The van der Waals surface area contributed by atoms with E-state index >= 15 is 0 Å². The van der Waals surface area contributed by atoms with E-state index in [0.717, 1.165) is 24.2 Å². The standard InChI is InChI=1S/C58H45N/c1-39-8-7-12-44-16-19-48-37-47(24-30-56(48)57(39)44)42-22-28-52(29-23-42)59(51-26-20-41(21-27-51)46-17-14-40-9-3-4-11-45(40)36-46)53-32-34-58(2,35-33-53)50-25-31-55-49(38-50)18-15-43-10-5-6-13-54(43)55/h3-7,9-34,36-39H,8,35H2,1-2H3. The van der Waals surface area contributed by atoms with E-state index in [-0.39, 0.29) is 5.41 Å². The number of allylic oxidation sites excluding steroid dienone is 4. The van der Waals surface area contributed by atoms with Gasteiger partial charge in [-0.2, -0.15) is 0 Å². The van der Waals surface area contributed by atoms with Gasteiger partial charge in [-0.15, -0.1) is 0 Å². The smallest absolute Gasteiger partial charge is 0.0461 e. The van der Waals surface area contributed by atoms with Crippen molar-refractivity contribution in [1.29, 1.82) is 0 Å². The maximum Gasteiger partial charge on any atom is 0.0461 e. The average Bonchev–Trinajstić information content (AvgIpc) is 3.29. The zero-order chi connectivity index (χ0) is 39.5. The van der Waals surface area contributed by atoms with Gasteiger partial charge in [0.1, 0.15) is 0 Å². The molecular weight excluding hydrogens is 711 g/mol. The molecule has 0 N–H and O–H groups in total. The number of nitrogens with zero attached hydrogens (tertiary/aromatic N) is 1. The molecule has 9 aromatic rings. The molecule has 0 fully saturated rings. The van der Waals surface area contributed by atoms with Crippen molar-refractivity contribution in [2.45, 2.75) is 38.0 Å². The lowest BCUT2D eigenvalue weighted by Crippen LogP contribution is -2.24. The van der Waals surface area contributed by atoms with Crippen LogP contribution in [0.15, 0.2) is 206 Å². The Morgan fingerprint density at radius 3 is 1.81 bits per heavy atom. The van der Waals surface area contributed by atoms with Gasteiger partial charge in [-0.25, -0.2) is 0 Å². The average molecular weight is 756 g/mol. The second-order valence-corrected chi connectivity index (χ2v) is 16.8. The van der Waals surface area contributed by atoms with Crippen molar-refractivity contribution in [2.24, 2.45) is 0 Å². The highest BCUT2D eigenvalue weighted by Crippen LogP contribution is 2.42. The number of anilines is 2. The number of fused-ring (bicyclic) bond motifs is 7. The van der Waals surface area contributed by atoms with Gasteiger partial charge < -0.3 is 4.90 Å². The molecule has 0 saturated heterocycles. The first-order valence-electron chi connectivity index (χ1n) is 21.0.